The molecule has 0 radical (unpaired) electrons. The maximum Gasteiger partial charge on any atom is 0.300 e. The van der Waals surface area contributed by atoms with E-state index in [-0.39, 0.29) is 5.76 Å². The van der Waals surface area contributed by atoms with Crippen LogP contribution in [0.4, 0.5) is 0 Å². The fourth-order valence-electron chi connectivity index (χ4n) is 1.57. The van der Waals surface area contributed by atoms with Gasteiger partial charge in [-0.15, -0.1) is 11.8 Å². The molecule has 0 atom stereocenters. The number of aryl methyl sites for hydroxylation is 1. The molecule has 1 aromatic heterocycles. The molecule has 0 bridgehead atoms. The van der Waals surface area contributed by atoms with Crippen molar-refractivity contribution in [1.82, 2.24) is 5.43 Å². The van der Waals surface area contributed by atoms with Crippen LogP contribution < -0.4 is 11.3 Å². The van der Waals surface area contributed by atoms with Crippen molar-refractivity contribution in [2.45, 2.75) is 17.6 Å². The maximum atomic E-state index is 11.4. The molecule has 2 rings (SSSR count). The third-order valence-electron chi connectivity index (χ3n) is 2.66. The van der Waals surface area contributed by atoms with Gasteiger partial charge in [-0.25, -0.2) is 5.84 Å². The van der Waals surface area contributed by atoms with E-state index in [0.29, 0.717) is 21.6 Å². The highest BCUT2D eigenvalue weighted by atomic mass is 35.5. The summed E-state index contributed by atoms with van der Waals surface area (Å²) in [5, 5.41) is 1.04. The van der Waals surface area contributed by atoms with E-state index in [1.807, 2.05) is 11.5 Å². The number of carbonyl (C=O) groups is 1. The van der Waals surface area contributed by atoms with Crippen LogP contribution in [0.5, 0.6) is 0 Å². The molecule has 106 valence electrons. The largest absolute Gasteiger partial charge is 0.456 e. The minimum atomic E-state index is -0.445. The Balaban J connectivity index is 2.08. The highest BCUT2D eigenvalue weighted by Crippen LogP contribution is 2.31. The van der Waals surface area contributed by atoms with E-state index < -0.39 is 5.91 Å². The number of benzene rings is 1. The summed E-state index contributed by atoms with van der Waals surface area (Å²) in [6, 6.07) is 7.13. The maximum absolute atomic E-state index is 11.4. The minimum Gasteiger partial charge on any atom is -0.456 e. The number of hydrogen-bond acceptors (Lipinski definition) is 4. The van der Waals surface area contributed by atoms with Gasteiger partial charge in [0.15, 0.2) is 5.76 Å². The average molecular weight is 331 g/mol. The minimum absolute atomic E-state index is 0.203. The summed E-state index contributed by atoms with van der Waals surface area (Å²) < 4.78 is 5.35. The number of furan rings is 1. The number of halogens is 2. The van der Waals surface area contributed by atoms with Gasteiger partial charge in [0.1, 0.15) is 5.76 Å². The number of amides is 1. The molecule has 0 saturated heterocycles. The highest BCUT2D eigenvalue weighted by Gasteiger charge is 2.13. The Morgan fingerprint density at radius 3 is 2.75 bits per heavy atom. The van der Waals surface area contributed by atoms with Crippen LogP contribution in [0, 0.1) is 6.92 Å². The highest BCUT2D eigenvalue weighted by molar-refractivity contribution is 7.98. The van der Waals surface area contributed by atoms with Gasteiger partial charge in [-0.05, 0) is 31.2 Å². The van der Waals surface area contributed by atoms with E-state index in [4.69, 9.17) is 33.5 Å². The van der Waals surface area contributed by atoms with E-state index in [1.165, 1.54) is 0 Å². The first-order valence-electron chi connectivity index (χ1n) is 5.69. The third-order valence-corrected chi connectivity index (χ3v) is 4.44. The molecule has 0 fully saturated rings. The number of rotatable bonds is 4. The van der Waals surface area contributed by atoms with Crippen molar-refractivity contribution in [3.63, 3.8) is 0 Å². The lowest BCUT2D eigenvalue weighted by atomic mass is 10.3. The zero-order valence-electron chi connectivity index (χ0n) is 10.6. The zero-order chi connectivity index (χ0) is 14.7. The first-order chi connectivity index (χ1) is 9.51. The van der Waals surface area contributed by atoms with E-state index in [0.717, 1.165) is 10.5 Å². The summed E-state index contributed by atoms with van der Waals surface area (Å²) in [5.41, 5.74) is 2.97. The Hall–Kier alpha value is -1.14. The van der Waals surface area contributed by atoms with E-state index in [1.54, 1.807) is 36.9 Å². The topological polar surface area (TPSA) is 68.3 Å². The molecule has 1 heterocycles. The van der Waals surface area contributed by atoms with Gasteiger partial charge in [0.25, 0.3) is 0 Å². The molecule has 0 aliphatic heterocycles. The van der Waals surface area contributed by atoms with Gasteiger partial charge in [0.05, 0.1) is 10.0 Å². The van der Waals surface area contributed by atoms with Crippen LogP contribution >= 0.6 is 35.0 Å². The summed E-state index contributed by atoms with van der Waals surface area (Å²) in [6.45, 7) is 1.80. The van der Waals surface area contributed by atoms with Crippen molar-refractivity contribution in [3.8, 4) is 0 Å². The second-order valence-corrected chi connectivity index (χ2v) is 5.89. The Labute approximate surface area is 130 Å². The van der Waals surface area contributed by atoms with Gasteiger partial charge < -0.3 is 4.42 Å². The number of nitrogens with two attached hydrogens (primary N) is 1. The molecular weight excluding hydrogens is 319 g/mol. The van der Waals surface area contributed by atoms with Crippen molar-refractivity contribution in [3.05, 3.63) is 51.4 Å². The van der Waals surface area contributed by atoms with Gasteiger partial charge in [-0.1, -0.05) is 23.2 Å². The normalized spacial score (nSPS) is 10.6. The summed E-state index contributed by atoms with van der Waals surface area (Å²) >= 11 is 13.4. The third kappa shape index (κ3) is 3.49. The number of carbonyl (C=O) groups excluding carboxylic acids is 1. The Morgan fingerprint density at radius 1 is 1.35 bits per heavy atom. The number of thioether (sulfide) groups is 1. The zero-order valence-corrected chi connectivity index (χ0v) is 12.9. The Bertz CT molecular complexity index is 643. The average Bonchev–Trinajstić information content (AvgIpc) is 2.80. The van der Waals surface area contributed by atoms with Crippen molar-refractivity contribution in [2.24, 2.45) is 5.84 Å². The van der Waals surface area contributed by atoms with Crippen molar-refractivity contribution >= 4 is 40.9 Å². The van der Waals surface area contributed by atoms with Crippen LogP contribution in [0.15, 0.2) is 33.6 Å². The first-order valence-corrected chi connectivity index (χ1v) is 7.43. The molecule has 7 heteroatoms. The monoisotopic (exact) mass is 330 g/mol. The van der Waals surface area contributed by atoms with Crippen molar-refractivity contribution in [2.75, 3.05) is 0 Å². The number of nitrogen functional groups attached to an aromatic ring is 1. The van der Waals surface area contributed by atoms with E-state index in [2.05, 4.69) is 0 Å². The standard InChI is InChI=1S/C13H12Cl2N2O2S/c1-7-8(4-12(19-7)13(18)17-16)6-20-9-2-3-10(14)11(15)5-9/h2-5H,6,16H2,1H3,(H,17,18). The van der Waals surface area contributed by atoms with Crippen LogP contribution in [0.3, 0.4) is 0 Å². The fraction of sp³-hybridized carbons (Fsp3) is 0.154. The number of nitrogens with one attached hydrogen (secondary N) is 1. The van der Waals surface area contributed by atoms with Gasteiger partial charge in [-0.2, -0.15) is 0 Å². The first kappa shape index (κ1) is 15.3. The fourth-order valence-corrected chi connectivity index (χ4v) is 2.91. The number of hydrogen-bond donors (Lipinski definition) is 2. The lowest BCUT2D eigenvalue weighted by Gasteiger charge is -2.02. The lowest BCUT2D eigenvalue weighted by molar-refractivity contribution is 0.0924. The van der Waals surface area contributed by atoms with Crippen molar-refractivity contribution in [1.29, 1.82) is 0 Å². The van der Waals surface area contributed by atoms with Crippen LogP contribution in [0.2, 0.25) is 10.0 Å². The molecule has 0 unspecified atom stereocenters. The Kier molecular flexibility index (Phi) is 4.99. The van der Waals surface area contributed by atoms with Gasteiger partial charge in [0, 0.05) is 16.2 Å². The van der Waals surface area contributed by atoms with E-state index >= 15 is 0 Å². The predicted molar refractivity (Wildman–Crippen MR) is 81.1 cm³/mol. The SMILES string of the molecule is Cc1oc(C(=O)NN)cc1CSc1ccc(Cl)c(Cl)c1. The van der Waals surface area contributed by atoms with E-state index in [9.17, 15) is 4.79 Å². The molecule has 0 aliphatic carbocycles. The van der Waals surface area contributed by atoms with Crippen LogP contribution in [0.25, 0.3) is 0 Å². The predicted octanol–water partition coefficient (Wildman–Crippen LogP) is 3.79. The summed E-state index contributed by atoms with van der Waals surface area (Å²) in [6.07, 6.45) is 0. The molecule has 20 heavy (non-hydrogen) atoms. The summed E-state index contributed by atoms with van der Waals surface area (Å²) in [7, 11) is 0. The molecule has 0 saturated carbocycles. The van der Waals surface area contributed by atoms with Crippen LogP contribution in [-0.4, -0.2) is 5.91 Å². The van der Waals surface area contributed by atoms with Crippen LogP contribution in [0.1, 0.15) is 21.9 Å². The Morgan fingerprint density at radius 2 is 2.10 bits per heavy atom. The molecule has 1 aromatic carbocycles. The molecular formula is C13H12Cl2N2O2S. The second-order valence-electron chi connectivity index (χ2n) is 4.03. The molecule has 1 amide bonds. The van der Waals surface area contributed by atoms with Gasteiger partial charge >= 0.3 is 5.91 Å². The van der Waals surface area contributed by atoms with Gasteiger partial charge in [0.2, 0.25) is 0 Å². The molecule has 0 spiro atoms. The number of hydrazine groups is 1. The summed E-state index contributed by atoms with van der Waals surface area (Å²) in [4.78, 5) is 12.4. The summed E-state index contributed by atoms with van der Waals surface area (Å²) in [5.74, 6) is 6.17. The lowest BCUT2D eigenvalue weighted by Crippen LogP contribution is -2.29. The molecule has 0 aliphatic rings. The van der Waals surface area contributed by atoms with Gasteiger partial charge in [-0.3, -0.25) is 10.2 Å². The van der Waals surface area contributed by atoms with Crippen LogP contribution in [-0.2, 0) is 5.75 Å². The van der Waals surface area contributed by atoms with Crippen molar-refractivity contribution < 1.29 is 9.21 Å². The molecule has 4 nitrogen and oxygen atoms in total. The smallest absolute Gasteiger partial charge is 0.300 e. The molecule has 3 N–H and O–H groups in total. The second kappa shape index (κ2) is 6.54. The quantitative estimate of drug-likeness (QED) is 0.387. The molecule has 2 aromatic rings.